The van der Waals surface area contributed by atoms with Gasteiger partial charge in [0.15, 0.2) is 43.8 Å². The molecule has 20 N–H and O–H groups in total. The average molecular weight is 1310 g/mol. The molecule has 7 saturated heterocycles. The summed E-state index contributed by atoms with van der Waals surface area (Å²) >= 11 is 0. The summed E-state index contributed by atoms with van der Waals surface area (Å²) in [5, 5.41) is 201. The topological polar surface area (TPSA) is 561 Å². The fraction of sp³-hybridized carbons (Fsp3) is 0.849. The molecule has 35 atom stereocenters. The minimum atomic E-state index is -2.20. The van der Waals surface area contributed by atoms with Crippen LogP contribution in [0.5, 0.6) is 11.5 Å². The summed E-state index contributed by atoms with van der Waals surface area (Å²) in [6.07, 6.45) is -61.1. The number of rotatable bonds is 22. The number of hydrogen-bond donors (Lipinski definition) is 20. The molecule has 1 aromatic rings. The molecule has 7 heterocycles. The third-order valence-electron chi connectivity index (χ3n) is 16.5. The number of aliphatic hydroxyl groups excluding tert-OH is 18. The standard InChI is InChI=1S/C53H84N2O35/c1-15-28(62)33(67)38(72)49(78-15)88-44-26(54-17(3)60)47(83-23(12-58)42(44)86-51-40(74)35(69)30(64)21(10-56)81-51)77-14-25-32(66)37(71)46(53(85-25)80-20-8-6-19(76-5)7-9-20)90-48-27(55-18(4)61)45(89-50-39(73)34(68)29(63)16(2)79-50)43(24(13-59)84-48)87-52-41(75)36(70)31(65)22(11-57)82-52/h6-9,15-16,21-53,56-59,62-75H,10-14H2,1-5H3,(H,54,60)(H,55,61)/t15?,16?,21?,22?,23?,24?,25?,26?,27?,28-,29-,30+,31+,32-,33+,34+,35+,36+,37+,38?,39?,40?,41?,42-,43-,44-,45-,46?,47-,48+,49+,50+,51+,52+,53+/m1/s1. The van der Waals surface area contributed by atoms with Crippen LogP contribution in [-0.2, 0) is 71.2 Å². The SMILES string of the molecule is COc1ccc(O[C@H]2OC(CO[C@@H]3OC(CO)[C@@H](O[C@@H]4OC(CO)[C@H](O)[C@H](O)C4O)[C@H](O[C@@H]4OC(C)[C@@H](O)[C@H](O)C4O)C3NC(C)=O)[C@@H](O)[C@H](O)C2O[C@@H]2OC(CO)[C@@H](O[C@@H]3OC(CO)[C@H](O)[C@H](O)C3O)[C@H](O[C@@H]3OC(C)[C@@H](O)[C@H](O)C3O)C2NC(C)=O)cc1. The first-order chi connectivity index (χ1) is 42.7. The van der Waals surface area contributed by atoms with E-state index in [2.05, 4.69) is 10.6 Å². The predicted octanol–water partition coefficient (Wildman–Crippen LogP) is -11.8. The van der Waals surface area contributed by atoms with Crippen molar-refractivity contribution in [3.8, 4) is 11.5 Å². The van der Waals surface area contributed by atoms with Gasteiger partial charge in [0.05, 0.1) is 52.4 Å². The van der Waals surface area contributed by atoms with Gasteiger partial charge in [-0.2, -0.15) is 0 Å². The number of benzene rings is 1. The van der Waals surface area contributed by atoms with E-state index in [4.69, 9.17) is 71.1 Å². The van der Waals surface area contributed by atoms with Crippen molar-refractivity contribution in [2.75, 3.05) is 40.1 Å². The number of aliphatic hydroxyl groups is 18. The Bertz CT molecular complexity index is 2410. The highest BCUT2D eigenvalue weighted by Crippen LogP contribution is 2.39. The highest BCUT2D eigenvalue weighted by atomic mass is 16.8. The molecule has 0 aliphatic carbocycles. The van der Waals surface area contributed by atoms with Crippen LogP contribution < -0.4 is 20.1 Å². The number of ether oxygens (including phenoxy) is 15. The highest BCUT2D eigenvalue weighted by Gasteiger charge is 2.59. The maximum Gasteiger partial charge on any atom is 0.229 e. The molecule has 37 nitrogen and oxygen atoms in total. The third kappa shape index (κ3) is 15.7. The zero-order valence-electron chi connectivity index (χ0n) is 49.0. The molecule has 7 aliphatic rings. The van der Waals surface area contributed by atoms with Gasteiger partial charge in [-0.1, -0.05) is 0 Å². The van der Waals surface area contributed by atoms with Gasteiger partial charge >= 0.3 is 0 Å². The van der Waals surface area contributed by atoms with Crippen molar-refractivity contribution in [1.29, 1.82) is 0 Å². The van der Waals surface area contributed by atoms with Crippen LogP contribution in [0.4, 0.5) is 0 Å². The van der Waals surface area contributed by atoms with Crippen LogP contribution in [0, 0.1) is 0 Å². The van der Waals surface area contributed by atoms with E-state index in [1.165, 1.54) is 45.2 Å². The molecule has 7 aliphatic heterocycles. The maximum absolute atomic E-state index is 13.3. The summed E-state index contributed by atoms with van der Waals surface area (Å²) in [5.74, 6) is -1.36. The van der Waals surface area contributed by atoms with Gasteiger partial charge in [0.1, 0.15) is 164 Å². The minimum Gasteiger partial charge on any atom is -0.497 e. The van der Waals surface area contributed by atoms with E-state index in [9.17, 15) is 102 Å². The van der Waals surface area contributed by atoms with Crippen molar-refractivity contribution in [2.24, 2.45) is 0 Å². The van der Waals surface area contributed by atoms with E-state index in [0.717, 1.165) is 13.8 Å². The summed E-state index contributed by atoms with van der Waals surface area (Å²) < 4.78 is 90.1. The van der Waals surface area contributed by atoms with Gasteiger partial charge in [-0.3, -0.25) is 9.59 Å². The molecule has 37 heteroatoms. The van der Waals surface area contributed by atoms with Crippen molar-refractivity contribution in [1.82, 2.24) is 10.6 Å². The molecule has 0 aromatic heterocycles. The molecule has 90 heavy (non-hydrogen) atoms. The lowest BCUT2D eigenvalue weighted by atomic mass is 9.93. The molecular formula is C53H84N2O35. The van der Waals surface area contributed by atoms with Crippen LogP contribution in [0.3, 0.4) is 0 Å². The van der Waals surface area contributed by atoms with E-state index in [1.807, 2.05) is 0 Å². The number of carbonyl (C=O) groups excluding carboxylic acids is 2. The fourth-order valence-corrected chi connectivity index (χ4v) is 11.4. The summed E-state index contributed by atoms with van der Waals surface area (Å²) in [6.45, 7) is -0.0788. The van der Waals surface area contributed by atoms with E-state index in [1.54, 1.807) is 0 Å². The Morgan fingerprint density at radius 3 is 1.12 bits per heavy atom. The highest BCUT2D eigenvalue weighted by molar-refractivity contribution is 5.73. The van der Waals surface area contributed by atoms with Gasteiger partial charge in [-0.25, -0.2) is 0 Å². The van der Waals surface area contributed by atoms with Crippen molar-refractivity contribution in [3.63, 3.8) is 0 Å². The minimum absolute atomic E-state index is 0.0157. The molecule has 0 radical (unpaired) electrons. The van der Waals surface area contributed by atoms with Crippen molar-refractivity contribution in [2.45, 2.75) is 243 Å². The molecular weight excluding hydrogens is 1220 g/mol. The van der Waals surface area contributed by atoms with E-state index in [-0.39, 0.29) is 5.75 Å². The van der Waals surface area contributed by atoms with Crippen LogP contribution in [0.25, 0.3) is 0 Å². The second-order valence-corrected chi connectivity index (χ2v) is 22.8. The number of methoxy groups -OCH3 is 1. The molecule has 516 valence electrons. The number of carbonyl (C=O) groups is 2. The van der Waals surface area contributed by atoms with Gasteiger partial charge < -0.3 is 174 Å². The number of amides is 2. The summed E-state index contributed by atoms with van der Waals surface area (Å²) in [4.78, 5) is 26.4. The monoisotopic (exact) mass is 1310 g/mol. The normalized spacial score (nSPS) is 47.7. The molecule has 0 saturated carbocycles. The van der Waals surface area contributed by atoms with Crippen LogP contribution in [0.1, 0.15) is 27.7 Å². The first kappa shape index (κ1) is 72.4. The van der Waals surface area contributed by atoms with Gasteiger partial charge in [-0.05, 0) is 38.1 Å². The summed E-state index contributed by atoms with van der Waals surface area (Å²) in [6, 6.07) is 2.20. The lowest BCUT2D eigenvalue weighted by Gasteiger charge is -2.51. The quantitative estimate of drug-likeness (QED) is 0.0513. The number of nitrogens with one attached hydrogen (secondary N) is 2. The first-order valence-corrected chi connectivity index (χ1v) is 28.9. The average Bonchev–Trinajstić information content (AvgIpc) is 0.986. The maximum atomic E-state index is 13.3. The number of hydrogen-bond acceptors (Lipinski definition) is 35. The smallest absolute Gasteiger partial charge is 0.229 e. The second kappa shape index (κ2) is 31.4. The Kier molecular flexibility index (Phi) is 25.2. The van der Waals surface area contributed by atoms with E-state index in [0.29, 0.717) is 5.75 Å². The van der Waals surface area contributed by atoms with E-state index >= 15 is 0 Å². The first-order valence-electron chi connectivity index (χ1n) is 28.9. The Labute approximate surface area is 512 Å². The Hall–Kier alpha value is -3.48. The Balaban J connectivity index is 1.12. The zero-order valence-corrected chi connectivity index (χ0v) is 49.0. The van der Waals surface area contributed by atoms with Crippen molar-refractivity contribution < 1.29 is 173 Å². The predicted molar refractivity (Wildman–Crippen MR) is 284 cm³/mol. The molecule has 0 bridgehead atoms. The molecule has 2 amide bonds. The van der Waals surface area contributed by atoms with Crippen LogP contribution in [0.2, 0.25) is 0 Å². The summed E-state index contributed by atoms with van der Waals surface area (Å²) in [7, 11) is 1.38. The molecule has 1 aromatic carbocycles. The molecule has 7 fully saturated rings. The Morgan fingerprint density at radius 1 is 0.378 bits per heavy atom. The van der Waals surface area contributed by atoms with E-state index < -0.39 is 260 Å². The van der Waals surface area contributed by atoms with Crippen LogP contribution in [-0.4, -0.2) is 359 Å². The third-order valence-corrected chi connectivity index (χ3v) is 16.5. The van der Waals surface area contributed by atoms with Crippen molar-refractivity contribution in [3.05, 3.63) is 24.3 Å². The van der Waals surface area contributed by atoms with Gasteiger partial charge in [0.2, 0.25) is 18.1 Å². The summed E-state index contributed by atoms with van der Waals surface area (Å²) in [5.41, 5.74) is 0. The van der Waals surface area contributed by atoms with Crippen LogP contribution in [0.15, 0.2) is 24.3 Å². The van der Waals surface area contributed by atoms with Gasteiger partial charge in [0, 0.05) is 13.8 Å². The second-order valence-electron chi connectivity index (χ2n) is 22.8. The molecule has 8 rings (SSSR count). The largest absolute Gasteiger partial charge is 0.497 e. The lowest BCUT2D eigenvalue weighted by molar-refractivity contribution is -0.387. The lowest BCUT2D eigenvalue weighted by Crippen LogP contribution is -2.71. The van der Waals surface area contributed by atoms with Crippen molar-refractivity contribution >= 4 is 11.8 Å². The van der Waals surface area contributed by atoms with Gasteiger partial charge in [-0.15, -0.1) is 0 Å². The van der Waals surface area contributed by atoms with Gasteiger partial charge in [0.25, 0.3) is 0 Å². The van der Waals surface area contributed by atoms with Crippen LogP contribution >= 0.6 is 0 Å². The molecule has 0 spiro atoms. The zero-order chi connectivity index (χ0) is 65.9. The fourth-order valence-electron chi connectivity index (χ4n) is 11.4. The Morgan fingerprint density at radius 2 is 0.711 bits per heavy atom. The molecule has 14 unspecified atom stereocenters.